The van der Waals surface area contributed by atoms with Gasteiger partial charge in [0.2, 0.25) is 0 Å². The summed E-state index contributed by atoms with van der Waals surface area (Å²) in [4.78, 5) is 13.6. The average Bonchev–Trinajstić information content (AvgIpc) is 2.33. The predicted molar refractivity (Wildman–Crippen MR) is 69.1 cm³/mol. The highest BCUT2D eigenvalue weighted by Gasteiger charge is 2.25. The highest BCUT2D eigenvalue weighted by molar-refractivity contribution is 5.33. The fourth-order valence-electron chi connectivity index (χ4n) is 2.10. The smallest absolute Gasteiger partial charge is 0.149 e. The summed E-state index contributed by atoms with van der Waals surface area (Å²) in [6, 6.07) is 2.21. The highest BCUT2D eigenvalue weighted by atomic mass is 15.3. The standard InChI is InChI=1S/C12H21N5/c1-4-13-11-5-6-14-12(15-11)10-9-16(2)7-8-17(10)3/h5-6,10H,4,7-9H2,1-3H3,(H,13,14,15). The number of anilines is 1. The zero-order valence-corrected chi connectivity index (χ0v) is 10.8. The average molecular weight is 235 g/mol. The maximum absolute atomic E-state index is 4.58. The van der Waals surface area contributed by atoms with Gasteiger partial charge < -0.3 is 10.2 Å². The minimum absolute atomic E-state index is 0.298. The van der Waals surface area contributed by atoms with Crippen LogP contribution in [-0.4, -0.2) is 60.0 Å². The first-order valence-electron chi connectivity index (χ1n) is 6.16. The maximum atomic E-state index is 4.58. The fourth-order valence-corrected chi connectivity index (χ4v) is 2.10. The van der Waals surface area contributed by atoms with Crippen LogP contribution in [0, 0.1) is 0 Å². The van der Waals surface area contributed by atoms with E-state index in [1.165, 1.54) is 0 Å². The third-order valence-corrected chi connectivity index (χ3v) is 3.18. The Morgan fingerprint density at radius 1 is 1.41 bits per heavy atom. The second-order valence-electron chi connectivity index (χ2n) is 4.59. The Morgan fingerprint density at radius 3 is 3.00 bits per heavy atom. The molecule has 0 bridgehead atoms. The molecule has 1 aliphatic rings. The van der Waals surface area contributed by atoms with Crippen molar-refractivity contribution in [3.63, 3.8) is 0 Å². The molecule has 0 spiro atoms. The number of aromatic nitrogens is 2. The summed E-state index contributed by atoms with van der Waals surface area (Å²) in [6.07, 6.45) is 1.84. The minimum atomic E-state index is 0.298. The van der Waals surface area contributed by atoms with Crippen molar-refractivity contribution in [2.24, 2.45) is 0 Å². The first kappa shape index (κ1) is 12.3. The van der Waals surface area contributed by atoms with Gasteiger partial charge in [-0.2, -0.15) is 0 Å². The first-order valence-corrected chi connectivity index (χ1v) is 6.16. The Balaban J connectivity index is 2.16. The molecule has 1 aromatic heterocycles. The number of piperazine rings is 1. The Morgan fingerprint density at radius 2 is 2.24 bits per heavy atom. The van der Waals surface area contributed by atoms with E-state index in [0.29, 0.717) is 6.04 Å². The molecular weight excluding hydrogens is 214 g/mol. The van der Waals surface area contributed by atoms with E-state index in [-0.39, 0.29) is 0 Å². The molecule has 2 heterocycles. The molecule has 1 fully saturated rings. The number of hydrogen-bond donors (Lipinski definition) is 1. The van der Waals surface area contributed by atoms with E-state index in [2.05, 4.69) is 46.1 Å². The Hall–Kier alpha value is -1.20. The van der Waals surface area contributed by atoms with Gasteiger partial charge in [0.15, 0.2) is 0 Å². The molecule has 0 radical (unpaired) electrons. The Kier molecular flexibility index (Phi) is 3.91. The van der Waals surface area contributed by atoms with Gasteiger partial charge in [0.25, 0.3) is 0 Å². The summed E-state index contributed by atoms with van der Waals surface area (Å²) in [6.45, 7) is 6.13. The van der Waals surface area contributed by atoms with Gasteiger partial charge in [-0.05, 0) is 27.1 Å². The number of hydrogen-bond acceptors (Lipinski definition) is 5. The number of likely N-dealkylation sites (N-methyl/N-ethyl adjacent to an activating group) is 2. The van der Waals surface area contributed by atoms with Crippen molar-refractivity contribution in [3.05, 3.63) is 18.1 Å². The lowest BCUT2D eigenvalue weighted by Gasteiger charge is -2.36. The van der Waals surface area contributed by atoms with E-state index < -0.39 is 0 Å². The third-order valence-electron chi connectivity index (χ3n) is 3.18. The molecule has 1 atom stereocenters. The molecule has 94 valence electrons. The number of nitrogens with zero attached hydrogens (tertiary/aromatic N) is 4. The summed E-state index contributed by atoms with van der Waals surface area (Å²) >= 11 is 0. The first-order chi connectivity index (χ1) is 8.20. The third kappa shape index (κ3) is 2.92. The summed E-state index contributed by atoms with van der Waals surface area (Å²) < 4.78 is 0. The predicted octanol–water partition coefficient (Wildman–Crippen LogP) is 0.827. The van der Waals surface area contributed by atoms with Crippen LogP contribution in [-0.2, 0) is 0 Å². The van der Waals surface area contributed by atoms with Crippen LogP contribution >= 0.6 is 0 Å². The van der Waals surface area contributed by atoms with Crippen molar-refractivity contribution < 1.29 is 0 Å². The van der Waals surface area contributed by atoms with Gasteiger partial charge in [0.05, 0.1) is 6.04 Å². The minimum Gasteiger partial charge on any atom is -0.370 e. The molecule has 0 aliphatic carbocycles. The molecule has 0 aromatic carbocycles. The van der Waals surface area contributed by atoms with Crippen LogP contribution in [0.3, 0.4) is 0 Å². The Bertz CT molecular complexity index is 368. The van der Waals surface area contributed by atoms with E-state index in [4.69, 9.17) is 0 Å². The van der Waals surface area contributed by atoms with Crippen molar-refractivity contribution in [2.75, 3.05) is 45.6 Å². The van der Waals surface area contributed by atoms with Crippen molar-refractivity contribution in [3.8, 4) is 0 Å². The lowest BCUT2D eigenvalue weighted by molar-refractivity contribution is 0.109. The van der Waals surface area contributed by atoms with Crippen LogP contribution in [0.2, 0.25) is 0 Å². The molecular formula is C12H21N5. The topological polar surface area (TPSA) is 44.3 Å². The van der Waals surface area contributed by atoms with Crippen molar-refractivity contribution in [1.82, 2.24) is 19.8 Å². The van der Waals surface area contributed by atoms with Crippen LogP contribution in [0.5, 0.6) is 0 Å². The molecule has 5 heteroatoms. The molecule has 1 N–H and O–H groups in total. The molecule has 1 aromatic rings. The molecule has 1 unspecified atom stereocenters. The van der Waals surface area contributed by atoms with Gasteiger partial charge >= 0.3 is 0 Å². The molecule has 2 rings (SSSR count). The summed E-state index contributed by atoms with van der Waals surface area (Å²) in [5.74, 6) is 1.83. The van der Waals surface area contributed by atoms with Gasteiger partial charge in [0.1, 0.15) is 11.6 Å². The maximum Gasteiger partial charge on any atom is 0.149 e. The molecule has 17 heavy (non-hydrogen) atoms. The molecule has 5 nitrogen and oxygen atoms in total. The van der Waals surface area contributed by atoms with Crippen LogP contribution in [0.25, 0.3) is 0 Å². The van der Waals surface area contributed by atoms with E-state index in [1.54, 1.807) is 0 Å². The van der Waals surface area contributed by atoms with Crippen LogP contribution in [0.15, 0.2) is 12.3 Å². The Labute approximate surface area is 103 Å². The van der Waals surface area contributed by atoms with E-state index in [9.17, 15) is 0 Å². The van der Waals surface area contributed by atoms with Gasteiger partial charge in [-0.15, -0.1) is 0 Å². The van der Waals surface area contributed by atoms with Gasteiger partial charge in [-0.1, -0.05) is 0 Å². The van der Waals surface area contributed by atoms with Crippen LogP contribution in [0.1, 0.15) is 18.8 Å². The van der Waals surface area contributed by atoms with Crippen molar-refractivity contribution in [2.45, 2.75) is 13.0 Å². The van der Waals surface area contributed by atoms with Crippen molar-refractivity contribution >= 4 is 5.82 Å². The lowest BCUT2D eigenvalue weighted by Crippen LogP contribution is -2.45. The van der Waals surface area contributed by atoms with E-state index in [0.717, 1.165) is 37.8 Å². The van der Waals surface area contributed by atoms with E-state index in [1.807, 2.05) is 12.3 Å². The summed E-state index contributed by atoms with van der Waals surface area (Å²) in [7, 11) is 4.29. The summed E-state index contributed by atoms with van der Waals surface area (Å²) in [5.41, 5.74) is 0. The zero-order valence-electron chi connectivity index (χ0n) is 10.8. The molecule has 0 saturated carbocycles. The van der Waals surface area contributed by atoms with Crippen LogP contribution in [0.4, 0.5) is 5.82 Å². The lowest BCUT2D eigenvalue weighted by atomic mass is 10.1. The largest absolute Gasteiger partial charge is 0.370 e. The van der Waals surface area contributed by atoms with Crippen molar-refractivity contribution in [1.29, 1.82) is 0 Å². The monoisotopic (exact) mass is 235 g/mol. The zero-order chi connectivity index (χ0) is 12.3. The molecule has 0 amide bonds. The molecule has 1 aliphatic heterocycles. The highest BCUT2D eigenvalue weighted by Crippen LogP contribution is 2.20. The van der Waals surface area contributed by atoms with E-state index >= 15 is 0 Å². The second kappa shape index (κ2) is 5.42. The van der Waals surface area contributed by atoms with Crippen LogP contribution < -0.4 is 5.32 Å². The normalized spacial score (nSPS) is 22.6. The van der Waals surface area contributed by atoms with Gasteiger partial charge in [-0.3, -0.25) is 4.90 Å². The van der Waals surface area contributed by atoms with Gasteiger partial charge in [0, 0.05) is 32.4 Å². The number of rotatable bonds is 3. The second-order valence-corrected chi connectivity index (χ2v) is 4.59. The summed E-state index contributed by atoms with van der Waals surface area (Å²) in [5, 5.41) is 3.23. The molecule has 1 saturated heterocycles. The number of nitrogens with one attached hydrogen (secondary N) is 1. The fraction of sp³-hybridized carbons (Fsp3) is 0.667. The SMILES string of the molecule is CCNc1ccnc(C2CN(C)CCN2C)n1. The van der Waals surface area contributed by atoms with Gasteiger partial charge in [-0.25, -0.2) is 9.97 Å². The quantitative estimate of drug-likeness (QED) is 0.840.